The SMILES string of the molecule is C=CCN1CC[C@@]2(c3cccc(O)c3)C[C@@H](N(CC(C)C)C(=O)c3ccc4ccccc4c3)CC[C@]2(OC(C)=O)C1. The van der Waals surface area contributed by atoms with E-state index in [-0.39, 0.29) is 29.6 Å². The molecule has 41 heavy (non-hydrogen) atoms. The minimum Gasteiger partial charge on any atom is -0.508 e. The van der Waals surface area contributed by atoms with Crippen molar-refractivity contribution >= 4 is 22.6 Å². The van der Waals surface area contributed by atoms with Gasteiger partial charge in [-0.25, -0.2) is 0 Å². The standard InChI is InChI=1S/C35H42N2O4/c1-5-18-36-19-17-34(30-11-8-12-32(39)21-30)22-31(15-16-35(34,24-36)41-26(4)38)37(23-25(2)3)33(40)29-14-13-27-9-6-7-10-28(27)20-29/h5-14,20-21,25,31,39H,1,15-19,22-24H2,2-4H3/t31-,34-,35-/m0/s1. The molecule has 1 saturated carbocycles. The first-order valence-electron chi connectivity index (χ1n) is 14.8. The van der Waals surface area contributed by atoms with Crippen molar-refractivity contribution in [2.75, 3.05) is 26.2 Å². The Morgan fingerprint density at radius 3 is 2.59 bits per heavy atom. The zero-order valence-corrected chi connectivity index (χ0v) is 24.5. The molecule has 3 aromatic carbocycles. The quantitative estimate of drug-likeness (QED) is 0.260. The number of phenols is 1. The van der Waals surface area contributed by atoms with Gasteiger partial charge in [-0.1, -0.05) is 62.4 Å². The number of nitrogens with zero attached hydrogens (tertiary/aromatic N) is 2. The summed E-state index contributed by atoms with van der Waals surface area (Å²) in [6.07, 6.45) is 4.63. The molecule has 0 aromatic heterocycles. The van der Waals surface area contributed by atoms with Crippen molar-refractivity contribution in [1.29, 1.82) is 0 Å². The number of esters is 1. The van der Waals surface area contributed by atoms with Crippen LogP contribution in [0.1, 0.15) is 62.4 Å². The Balaban J connectivity index is 1.58. The molecule has 216 valence electrons. The van der Waals surface area contributed by atoms with Gasteiger partial charge in [0.2, 0.25) is 0 Å². The second-order valence-corrected chi connectivity index (χ2v) is 12.3. The summed E-state index contributed by atoms with van der Waals surface area (Å²) in [6.45, 7) is 12.4. The summed E-state index contributed by atoms with van der Waals surface area (Å²) in [5, 5.41) is 12.7. The number of aromatic hydroxyl groups is 1. The van der Waals surface area contributed by atoms with Crippen LogP contribution in [0, 0.1) is 5.92 Å². The van der Waals surface area contributed by atoms with Crippen molar-refractivity contribution in [3.63, 3.8) is 0 Å². The van der Waals surface area contributed by atoms with E-state index in [2.05, 4.69) is 36.3 Å². The van der Waals surface area contributed by atoms with Crippen molar-refractivity contribution in [3.8, 4) is 5.75 Å². The highest BCUT2D eigenvalue weighted by Crippen LogP contribution is 2.55. The summed E-state index contributed by atoms with van der Waals surface area (Å²) in [5.74, 6) is 0.200. The number of ether oxygens (including phenoxy) is 1. The Kier molecular flexibility index (Phi) is 8.23. The number of hydrogen-bond donors (Lipinski definition) is 1. The third-order valence-corrected chi connectivity index (χ3v) is 9.06. The first-order chi connectivity index (χ1) is 19.7. The van der Waals surface area contributed by atoms with Crippen LogP contribution < -0.4 is 0 Å². The van der Waals surface area contributed by atoms with Crippen LogP contribution >= 0.6 is 0 Å². The molecule has 1 aliphatic heterocycles. The van der Waals surface area contributed by atoms with E-state index in [4.69, 9.17) is 4.74 Å². The summed E-state index contributed by atoms with van der Waals surface area (Å²) in [4.78, 5) is 31.3. The summed E-state index contributed by atoms with van der Waals surface area (Å²) in [5.41, 5.74) is 0.314. The van der Waals surface area contributed by atoms with Gasteiger partial charge in [0.05, 0.1) is 0 Å². The lowest BCUT2D eigenvalue weighted by molar-refractivity contribution is -0.188. The Morgan fingerprint density at radius 2 is 1.88 bits per heavy atom. The number of carbonyl (C=O) groups is 2. The van der Waals surface area contributed by atoms with Crippen LogP contribution in [0.5, 0.6) is 5.75 Å². The maximum Gasteiger partial charge on any atom is 0.303 e. The lowest BCUT2D eigenvalue weighted by atomic mass is 9.54. The summed E-state index contributed by atoms with van der Waals surface area (Å²) >= 11 is 0. The molecule has 5 rings (SSSR count). The third kappa shape index (κ3) is 5.62. The Morgan fingerprint density at radius 1 is 1.10 bits per heavy atom. The second kappa shape index (κ2) is 11.7. The fraction of sp³-hybridized carbons (Fsp3) is 0.429. The minimum atomic E-state index is -0.778. The van der Waals surface area contributed by atoms with Gasteiger partial charge in [-0.05, 0) is 78.7 Å². The number of phenolic OH excluding ortho intramolecular Hbond substituents is 1. The highest BCUT2D eigenvalue weighted by atomic mass is 16.6. The van der Waals surface area contributed by atoms with Gasteiger partial charge in [0.15, 0.2) is 0 Å². The molecule has 0 spiro atoms. The molecule has 0 bridgehead atoms. The molecule has 3 aromatic rings. The van der Waals surface area contributed by atoms with Gasteiger partial charge in [-0.15, -0.1) is 6.58 Å². The predicted molar refractivity (Wildman–Crippen MR) is 163 cm³/mol. The van der Waals surface area contributed by atoms with Crippen molar-refractivity contribution < 1.29 is 19.4 Å². The summed E-state index contributed by atoms with van der Waals surface area (Å²) in [6, 6.07) is 21.4. The van der Waals surface area contributed by atoms with E-state index in [1.807, 2.05) is 60.7 Å². The lowest BCUT2D eigenvalue weighted by Gasteiger charge is -2.60. The highest BCUT2D eigenvalue weighted by Gasteiger charge is 2.61. The molecule has 0 unspecified atom stereocenters. The van der Waals surface area contributed by atoms with Gasteiger partial charge in [0.25, 0.3) is 5.91 Å². The van der Waals surface area contributed by atoms with Crippen LogP contribution in [0.2, 0.25) is 0 Å². The van der Waals surface area contributed by atoms with Gasteiger partial charge in [-0.3, -0.25) is 14.5 Å². The van der Waals surface area contributed by atoms with Crippen LogP contribution in [0.25, 0.3) is 10.8 Å². The number of benzene rings is 3. The van der Waals surface area contributed by atoms with E-state index in [0.717, 1.165) is 35.7 Å². The van der Waals surface area contributed by atoms with Crippen molar-refractivity contribution in [2.45, 2.75) is 63.5 Å². The molecule has 3 atom stereocenters. The molecule has 1 saturated heterocycles. The predicted octanol–water partition coefficient (Wildman–Crippen LogP) is 6.33. The van der Waals surface area contributed by atoms with Crippen LogP contribution in [-0.2, 0) is 14.9 Å². The molecular weight excluding hydrogens is 512 g/mol. The molecule has 1 heterocycles. The third-order valence-electron chi connectivity index (χ3n) is 9.06. The van der Waals surface area contributed by atoms with Crippen LogP contribution in [0.4, 0.5) is 0 Å². The number of carbonyl (C=O) groups excluding carboxylic acids is 2. The zero-order valence-electron chi connectivity index (χ0n) is 24.5. The molecule has 1 N–H and O–H groups in total. The smallest absolute Gasteiger partial charge is 0.303 e. The first-order valence-corrected chi connectivity index (χ1v) is 14.8. The maximum absolute atomic E-state index is 14.3. The monoisotopic (exact) mass is 554 g/mol. The average molecular weight is 555 g/mol. The topological polar surface area (TPSA) is 70.1 Å². The molecule has 1 aliphatic carbocycles. The van der Waals surface area contributed by atoms with Crippen LogP contribution in [0.3, 0.4) is 0 Å². The van der Waals surface area contributed by atoms with Gasteiger partial charge in [-0.2, -0.15) is 0 Å². The Labute approximate surface area is 243 Å². The highest BCUT2D eigenvalue weighted by molar-refractivity contribution is 5.98. The summed E-state index contributed by atoms with van der Waals surface area (Å²) < 4.78 is 6.36. The molecule has 1 amide bonds. The van der Waals surface area contributed by atoms with Gasteiger partial charge in [0, 0.05) is 43.6 Å². The number of amides is 1. The van der Waals surface area contributed by atoms with Gasteiger partial charge in [0.1, 0.15) is 11.4 Å². The molecule has 2 fully saturated rings. The fourth-order valence-corrected chi connectivity index (χ4v) is 7.35. The van der Waals surface area contributed by atoms with E-state index >= 15 is 0 Å². The number of likely N-dealkylation sites (tertiary alicyclic amines) is 1. The molecule has 6 heteroatoms. The number of hydrogen-bond acceptors (Lipinski definition) is 5. The van der Waals surface area contributed by atoms with Crippen molar-refractivity contribution in [1.82, 2.24) is 9.80 Å². The van der Waals surface area contributed by atoms with Crippen molar-refractivity contribution in [3.05, 3.63) is 90.5 Å². The molecule has 0 radical (unpaired) electrons. The number of piperidine rings is 1. The largest absolute Gasteiger partial charge is 0.508 e. The Bertz CT molecular complexity index is 1430. The van der Waals surface area contributed by atoms with E-state index < -0.39 is 11.0 Å². The fourth-order valence-electron chi connectivity index (χ4n) is 7.35. The van der Waals surface area contributed by atoms with E-state index in [1.54, 1.807) is 6.07 Å². The molecule has 2 aliphatic rings. The van der Waals surface area contributed by atoms with Crippen molar-refractivity contribution in [2.24, 2.45) is 5.92 Å². The van der Waals surface area contributed by atoms with E-state index in [1.165, 1.54) is 6.92 Å². The van der Waals surface area contributed by atoms with E-state index in [0.29, 0.717) is 38.0 Å². The molecule has 6 nitrogen and oxygen atoms in total. The van der Waals surface area contributed by atoms with Gasteiger partial charge >= 0.3 is 5.97 Å². The lowest BCUT2D eigenvalue weighted by Crippen LogP contribution is -2.68. The second-order valence-electron chi connectivity index (χ2n) is 12.3. The first kappa shape index (κ1) is 28.9. The Hall–Kier alpha value is -3.64. The van der Waals surface area contributed by atoms with Crippen LogP contribution in [-0.4, -0.2) is 64.6 Å². The minimum absolute atomic E-state index is 0.0320. The zero-order chi connectivity index (χ0) is 29.2. The van der Waals surface area contributed by atoms with E-state index in [9.17, 15) is 14.7 Å². The number of rotatable bonds is 8. The average Bonchev–Trinajstić information content (AvgIpc) is 2.94. The van der Waals surface area contributed by atoms with Crippen LogP contribution in [0.15, 0.2) is 79.4 Å². The van der Waals surface area contributed by atoms with Gasteiger partial charge < -0.3 is 14.7 Å². The molecular formula is C35H42N2O4. The maximum atomic E-state index is 14.3. The number of fused-ring (bicyclic) bond motifs is 2. The normalized spacial score (nSPS) is 24.5. The summed E-state index contributed by atoms with van der Waals surface area (Å²) in [7, 11) is 0.